The number of ether oxygens (including phenoxy) is 3. The summed E-state index contributed by atoms with van der Waals surface area (Å²) in [7, 11) is 3.24. The van der Waals surface area contributed by atoms with Crippen LogP contribution < -0.4 is 9.47 Å². The first kappa shape index (κ1) is 22.6. The van der Waals surface area contributed by atoms with Crippen LogP contribution in [0.4, 0.5) is 4.79 Å². The Morgan fingerprint density at radius 3 is 2.30 bits per heavy atom. The van der Waals surface area contributed by atoms with Gasteiger partial charge in [-0.05, 0) is 48.2 Å². The smallest absolute Gasteiger partial charge is 0.409 e. The normalized spacial score (nSPS) is 15.2. The highest BCUT2D eigenvalue weighted by Gasteiger charge is 2.42. The average Bonchev–Trinajstić information content (AvgIpc) is 3.33. The zero-order chi connectivity index (χ0) is 23.3. The number of piperidine rings is 1. The topological polar surface area (TPSA) is 91.6 Å². The average molecular weight is 452 g/mol. The number of likely N-dealkylation sites (tertiary alicyclic amines) is 1. The van der Waals surface area contributed by atoms with Crippen LogP contribution in [0.3, 0.4) is 0 Å². The number of hydrogen-bond acceptors (Lipinski definition) is 7. The molecule has 0 spiro atoms. The number of hydrogen-bond donors (Lipinski definition) is 0. The van der Waals surface area contributed by atoms with Gasteiger partial charge in [0, 0.05) is 19.2 Å². The van der Waals surface area contributed by atoms with Crippen molar-refractivity contribution in [3.8, 4) is 11.5 Å². The molecule has 1 aromatic heterocycles. The molecule has 4 rings (SSSR count). The maximum atomic E-state index is 12.2. The highest BCUT2D eigenvalue weighted by atomic mass is 16.6. The fourth-order valence-electron chi connectivity index (χ4n) is 4.31. The first-order chi connectivity index (χ1) is 16.1. The molecular weight excluding hydrogens is 422 g/mol. The molecule has 9 nitrogen and oxygen atoms in total. The summed E-state index contributed by atoms with van der Waals surface area (Å²) < 4.78 is 15.9. The van der Waals surface area contributed by atoms with Crippen molar-refractivity contribution < 1.29 is 19.0 Å². The number of rotatable bonds is 7. The van der Waals surface area contributed by atoms with Gasteiger partial charge in [0.2, 0.25) is 0 Å². The van der Waals surface area contributed by atoms with Crippen LogP contribution in [-0.4, -0.2) is 65.1 Å². The van der Waals surface area contributed by atoms with Gasteiger partial charge in [-0.1, -0.05) is 30.3 Å². The highest BCUT2D eigenvalue weighted by Crippen LogP contribution is 2.40. The molecule has 0 unspecified atom stereocenters. The van der Waals surface area contributed by atoms with E-state index < -0.39 is 5.41 Å². The van der Waals surface area contributed by atoms with E-state index >= 15 is 0 Å². The van der Waals surface area contributed by atoms with Crippen molar-refractivity contribution in [2.45, 2.75) is 31.7 Å². The molecule has 0 aliphatic carbocycles. The predicted molar refractivity (Wildman–Crippen MR) is 122 cm³/mol. The Labute approximate surface area is 193 Å². The molecule has 33 heavy (non-hydrogen) atoms. The minimum absolute atomic E-state index is 0.275. The van der Waals surface area contributed by atoms with E-state index in [1.165, 1.54) is 0 Å². The third-order valence-corrected chi connectivity index (χ3v) is 6.09. The van der Waals surface area contributed by atoms with Crippen molar-refractivity contribution in [2.75, 3.05) is 33.9 Å². The van der Waals surface area contributed by atoms with Crippen LogP contribution in [0.25, 0.3) is 0 Å². The molecule has 2 aromatic carbocycles. The van der Waals surface area contributed by atoms with Gasteiger partial charge < -0.3 is 19.1 Å². The molecule has 0 radical (unpaired) electrons. The summed E-state index contributed by atoms with van der Waals surface area (Å²) in [4.78, 5) is 15.6. The Balaban J connectivity index is 1.61. The van der Waals surface area contributed by atoms with Crippen molar-refractivity contribution >= 4 is 6.09 Å². The summed E-state index contributed by atoms with van der Waals surface area (Å²) in [5.74, 6) is 2.07. The highest BCUT2D eigenvalue weighted by molar-refractivity contribution is 5.67. The van der Waals surface area contributed by atoms with E-state index in [9.17, 15) is 4.79 Å². The fourth-order valence-corrected chi connectivity index (χ4v) is 4.31. The molecule has 1 aliphatic rings. The summed E-state index contributed by atoms with van der Waals surface area (Å²) in [5, 5.41) is 13.6. The van der Waals surface area contributed by atoms with E-state index in [2.05, 4.69) is 22.4 Å². The lowest BCUT2D eigenvalue weighted by Crippen LogP contribution is -2.46. The predicted octanol–water partition coefficient (Wildman–Crippen LogP) is 3.28. The summed E-state index contributed by atoms with van der Waals surface area (Å²) in [6.45, 7) is 3.74. The Bertz CT molecular complexity index is 1060. The van der Waals surface area contributed by atoms with Gasteiger partial charge in [0.25, 0.3) is 0 Å². The van der Waals surface area contributed by atoms with Crippen LogP contribution in [0, 0.1) is 0 Å². The molecule has 0 saturated carbocycles. The fraction of sp³-hybridized carbons (Fsp3) is 0.417. The zero-order valence-corrected chi connectivity index (χ0v) is 19.2. The number of amides is 1. The van der Waals surface area contributed by atoms with Crippen LogP contribution in [0.1, 0.15) is 36.7 Å². The standard InChI is InChI=1S/C24H29N5O4/c1-4-33-23(30)28-12-10-24(11-13-28,19-8-6-5-7-9-19)22-25-27-29(26-22)17-18-14-20(31-2)16-21(15-18)32-3/h5-9,14-16H,4,10-13,17H2,1-3H3. The number of methoxy groups -OCH3 is 2. The Morgan fingerprint density at radius 1 is 1.03 bits per heavy atom. The third kappa shape index (κ3) is 4.76. The molecule has 1 fully saturated rings. The van der Waals surface area contributed by atoms with Gasteiger partial charge in [-0.2, -0.15) is 4.80 Å². The molecule has 2 heterocycles. The van der Waals surface area contributed by atoms with Crippen molar-refractivity contribution in [1.29, 1.82) is 0 Å². The van der Waals surface area contributed by atoms with Crippen molar-refractivity contribution in [1.82, 2.24) is 25.1 Å². The second kappa shape index (κ2) is 9.89. The minimum Gasteiger partial charge on any atom is -0.497 e. The van der Waals surface area contributed by atoms with E-state index in [-0.39, 0.29) is 6.09 Å². The summed E-state index contributed by atoms with van der Waals surface area (Å²) >= 11 is 0. The molecular formula is C24H29N5O4. The van der Waals surface area contributed by atoms with Gasteiger partial charge in [-0.15, -0.1) is 10.2 Å². The zero-order valence-electron chi connectivity index (χ0n) is 19.2. The van der Waals surface area contributed by atoms with E-state index in [1.807, 2.05) is 43.3 Å². The lowest BCUT2D eigenvalue weighted by atomic mass is 9.72. The van der Waals surface area contributed by atoms with Crippen molar-refractivity contribution in [3.05, 3.63) is 65.5 Å². The number of aromatic nitrogens is 4. The first-order valence-corrected chi connectivity index (χ1v) is 11.1. The lowest BCUT2D eigenvalue weighted by molar-refractivity contribution is 0.0897. The van der Waals surface area contributed by atoms with Gasteiger partial charge >= 0.3 is 6.09 Å². The maximum absolute atomic E-state index is 12.2. The maximum Gasteiger partial charge on any atom is 0.409 e. The summed E-state index contributed by atoms with van der Waals surface area (Å²) in [6, 6.07) is 15.9. The Hall–Kier alpha value is -3.62. The Morgan fingerprint density at radius 2 is 1.70 bits per heavy atom. The van der Waals surface area contributed by atoms with Gasteiger partial charge in [0.15, 0.2) is 5.82 Å². The molecule has 9 heteroatoms. The quantitative estimate of drug-likeness (QED) is 0.544. The summed E-state index contributed by atoms with van der Waals surface area (Å²) in [6.07, 6.45) is 1.10. The van der Waals surface area contributed by atoms with Crippen LogP contribution >= 0.6 is 0 Å². The monoisotopic (exact) mass is 451 g/mol. The third-order valence-electron chi connectivity index (χ3n) is 6.09. The SMILES string of the molecule is CCOC(=O)N1CCC(c2ccccc2)(c2nnn(Cc3cc(OC)cc(OC)c3)n2)CC1. The lowest BCUT2D eigenvalue weighted by Gasteiger charge is -2.39. The molecule has 1 amide bonds. The van der Waals surface area contributed by atoms with Crippen molar-refractivity contribution in [3.63, 3.8) is 0 Å². The molecule has 0 N–H and O–H groups in total. The largest absolute Gasteiger partial charge is 0.497 e. The number of carbonyl (C=O) groups excluding carboxylic acids is 1. The second-order valence-corrected chi connectivity index (χ2v) is 8.00. The number of tetrazole rings is 1. The van der Waals surface area contributed by atoms with E-state index in [4.69, 9.17) is 19.3 Å². The minimum atomic E-state index is -0.422. The number of nitrogens with zero attached hydrogens (tertiary/aromatic N) is 5. The van der Waals surface area contributed by atoms with E-state index in [1.54, 1.807) is 23.9 Å². The van der Waals surface area contributed by atoms with E-state index in [0.29, 0.717) is 56.4 Å². The Kier molecular flexibility index (Phi) is 6.76. The van der Waals surface area contributed by atoms with Crippen LogP contribution in [-0.2, 0) is 16.7 Å². The molecule has 3 aromatic rings. The number of carbonyl (C=O) groups is 1. The van der Waals surface area contributed by atoms with Gasteiger partial charge in [0.05, 0.1) is 32.8 Å². The molecule has 174 valence electrons. The molecule has 1 saturated heterocycles. The van der Waals surface area contributed by atoms with Gasteiger partial charge in [-0.25, -0.2) is 4.79 Å². The second-order valence-electron chi connectivity index (χ2n) is 8.00. The first-order valence-electron chi connectivity index (χ1n) is 11.1. The van der Waals surface area contributed by atoms with Crippen LogP contribution in [0.15, 0.2) is 48.5 Å². The van der Waals surface area contributed by atoms with Crippen LogP contribution in [0.5, 0.6) is 11.5 Å². The van der Waals surface area contributed by atoms with Gasteiger partial charge in [0.1, 0.15) is 11.5 Å². The van der Waals surface area contributed by atoms with Crippen molar-refractivity contribution in [2.24, 2.45) is 0 Å². The number of benzene rings is 2. The van der Waals surface area contributed by atoms with Crippen LogP contribution in [0.2, 0.25) is 0 Å². The summed E-state index contributed by atoms with van der Waals surface area (Å²) in [5.41, 5.74) is 1.64. The molecule has 0 bridgehead atoms. The van der Waals surface area contributed by atoms with E-state index in [0.717, 1.165) is 11.1 Å². The van der Waals surface area contributed by atoms with Gasteiger partial charge in [-0.3, -0.25) is 0 Å². The molecule has 0 atom stereocenters. The molecule has 1 aliphatic heterocycles.